The lowest BCUT2D eigenvalue weighted by atomic mass is 9.84. The summed E-state index contributed by atoms with van der Waals surface area (Å²) in [4.78, 5) is 38.5. The minimum absolute atomic E-state index is 0.000799. The minimum atomic E-state index is -0.407. The molecule has 31 heavy (non-hydrogen) atoms. The second kappa shape index (κ2) is 8.17. The number of benzene rings is 2. The fraction of sp³-hybridized carbons (Fsp3) is 0.400. The van der Waals surface area contributed by atoms with Crippen LogP contribution in [0.25, 0.3) is 11.0 Å². The number of imidazole rings is 1. The van der Waals surface area contributed by atoms with E-state index in [1.807, 2.05) is 66.5 Å². The van der Waals surface area contributed by atoms with Crippen LogP contribution in [-0.4, -0.2) is 50.7 Å². The van der Waals surface area contributed by atoms with E-state index in [1.165, 1.54) is 6.42 Å². The largest absolute Gasteiger partial charge is 0.340 e. The number of aromatic amines is 1. The SMILES string of the molecule is CN(Cc1nc2ccccc2[nH]1)C(=O)C1CC2CCCCC2N1C(=O)c1ccccc1. The molecule has 1 aromatic heterocycles. The number of fused-ring (bicyclic) bond motifs is 2. The maximum Gasteiger partial charge on any atom is 0.254 e. The maximum atomic E-state index is 13.5. The van der Waals surface area contributed by atoms with E-state index in [0.29, 0.717) is 18.0 Å². The van der Waals surface area contributed by atoms with Gasteiger partial charge in [0.1, 0.15) is 11.9 Å². The summed E-state index contributed by atoms with van der Waals surface area (Å²) in [5, 5.41) is 0. The van der Waals surface area contributed by atoms with Crippen molar-refractivity contribution in [2.75, 3.05) is 7.05 Å². The zero-order chi connectivity index (χ0) is 21.4. The van der Waals surface area contributed by atoms with Crippen LogP contribution in [0, 0.1) is 5.92 Å². The Labute approximate surface area is 182 Å². The quantitative estimate of drug-likeness (QED) is 0.699. The van der Waals surface area contributed by atoms with E-state index in [4.69, 9.17) is 0 Å². The summed E-state index contributed by atoms with van der Waals surface area (Å²) in [6.45, 7) is 0.396. The van der Waals surface area contributed by atoms with Crippen LogP contribution in [0.4, 0.5) is 0 Å². The van der Waals surface area contributed by atoms with E-state index in [9.17, 15) is 9.59 Å². The second-order valence-corrected chi connectivity index (χ2v) is 8.84. The highest BCUT2D eigenvalue weighted by Gasteiger charge is 2.48. The molecule has 3 unspecified atom stereocenters. The number of carbonyl (C=O) groups excluding carboxylic acids is 2. The third kappa shape index (κ3) is 3.71. The molecule has 1 aliphatic carbocycles. The van der Waals surface area contributed by atoms with Crippen molar-refractivity contribution in [2.45, 2.75) is 50.7 Å². The maximum absolute atomic E-state index is 13.5. The van der Waals surface area contributed by atoms with Crippen molar-refractivity contribution in [3.05, 3.63) is 66.0 Å². The molecule has 0 bridgehead atoms. The summed E-state index contributed by atoms with van der Waals surface area (Å²) in [5.41, 5.74) is 2.52. The molecule has 0 radical (unpaired) electrons. The number of amides is 2. The first-order valence-corrected chi connectivity index (χ1v) is 11.2. The van der Waals surface area contributed by atoms with Gasteiger partial charge in [0, 0.05) is 18.7 Å². The molecule has 2 aromatic carbocycles. The van der Waals surface area contributed by atoms with Gasteiger partial charge in [0.25, 0.3) is 5.91 Å². The normalized spacial score (nSPS) is 23.0. The first-order valence-electron chi connectivity index (χ1n) is 11.2. The molecular weight excluding hydrogens is 388 g/mol. The third-order valence-corrected chi connectivity index (χ3v) is 6.83. The molecule has 1 N–H and O–H groups in total. The zero-order valence-electron chi connectivity index (χ0n) is 17.8. The van der Waals surface area contributed by atoms with Crippen molar-refractivity contribution in [2.24, 2.45) is 5.92 Å². The Morgan fingerprint density at radius 3 is 2.61 bits per heavy atom. The lowest BCUT2D eigenvalue weighted by Gasteiger charge is -2.34. The topological polar surface area (TPSA) is 69.3 Å². The van der Waals surface area contributed by atoms with E-state index in [1.54, 1.807) is 4.90 Å². The number of para-hydroxylation sites is 2. The average molecular weight is 417 g/mol. The van der Waals surface area contributed by atoms with Crippen molar-refractivity contribution < 1.29 is 9.59 Å². The first kappa shape index (κ1) is 19.8. The van der Waals surface area contributed by atoms with E-state index in [0.717, 1.165) is 42.5 Å². The molecule has 6 nitrogen and oxygen atoms in total. The lowest BCUT2D eigenvalue weighted by molar-refractivity contribution is -0.135. The summed E-state index contributed by atoms with van der Waals surface area (Å²) >= 11 is 0. The minimum Gasteiger partial charge on any atom is -0.340 e. The molecule has 160 valence electrons. The summed E-state index contributed by atoms with van der Waals surface area (Å²) in [6.07, 6.45) is 5.15. The molecule has 1 saturated heterocycles. The van der Waals surface area contributed by atoms with Gasteiger partial charge in [-0.3, -0.25) is 9.59 Å². The number of hydrogen-bond acceptors (Lipinski definition) is 3. The van der Waals surface area contributed by atoms with Gasteiger partial charge < -0.3 is 14.8 Å². The molecule has 2 aliphatic rings. The summed E-state index contributed by atoms with van der Waals surface area (Å²) < 4.78 is 0. The molecular formula is C25H28N4O2. The Bertz CT molecular complexity index is 1060. The molecule has 2 heterocycles. The van der Waals surface area contributed by atoms with Gasteiger partial charge in [0.15, 0.2) is 0 Å². The predicted molar refractivity (Wildman–Crippen MR) is 119 cm³/mol. The van der Waals surface area contributed by atoms with Crippen molar-refractivity contribution in [1.82, 2.24) is 19.8 Å². The first-order chi connectivity index (χ1) is 15.1. The highest BCUT2D eigenvalue weighted by atomic mass is 16.2. The number of likely N-dealkylation sites (tertiary alicyclic amines) is 1. The van der Waals surface area contributed by atoms with E-state index in [-0.39, 0.29) is 17.9 Å². The number of carbonyl (C=O) groups is 2. The summed E-state index contributed by atoms with van der Waals surface area (Å²) in [6, 6.07) is 17.0. The highest BCUT2D eigenvalue weighted by Crippen LogP contribution is 2.41. The molecule has 0 spiro atoms. The number of aromatic nitrogens is 2. The third-order valence-electron chi connectivity index (χ3n) is 6.83. The van der Waals surface area contributed by atoms with Gasteiger partial charge in [-0.15, -0.1) is 0 Å². The van der Waals surface area contributed by atoms with Gasteiger partial charge in [-0.25, -0.2) is 4.98 Å². The number of H-pyrrole nitrogens is 1. The standard InChI is InChI=1S/C25H28N4O2/c1-28(16-23-26-19-12-6-7-13-20(19)27-23)25(31)22-15-18-11-5-8-14-21(18)29(22)24(30)17-9-3-2-4-10-17/h2-4,6-7,9-10,12-13,18,21-22H,5,8,11,14-16H2,1H3,(H,26,27). The molecule has 6 heteroatoms. The lowest BCUT2D eigenvalue weighted by Crippen LogP contribution is -2.49. The monoisotopic (exact) mass is 416 g/mol. The van der Waals surface area contributed by atoms with Gasteiger partial charge in [0.05, 0.1) is 17.6 Å². The van der Waals surface area contributed by atoms with Crippen LogP contribution in [0.1, 0.15) is 48.3 Å². The fourth-order valence-corrected chi connectivity index (χ4v) is 5.34. The molecule has 2 amide bonds. The van der Waals surface area contributed by atoms with E-state index >= 15 is 0 Å². The molecule has 5 rings (SSSR count). The molecule has 1 saturated carbocycles. The van der Waals surface area contributed by atoms with E-state index in [2.05, 4.69) is 9.97 Å². The van der Waals surface area contributed by atoms with Crippen LogP contribution in [0.2, 0.25) is 0 Å². The molecule has 1 aliphatic heterocycles. The van der Waals surface area contributed by atoms with Crippen LogP contribution >= 0.6 is 0 Å². The Hall–Kier alpha value is -3.15. The van der Waals surface area contributed by atoms with Gasteiger partial charge in [-0.2, -0.15) is 0 Å². The molecule has 3 aromatic rings. The van der Waals surface area contributed by atoms with Gasteiger partial charge in [0.2, 0.25) is 5.91 Å². The van der Waals surface area contributed by atoms with Crippen molar-refractivity contribution in [3.63, 3.8) is 0 Å². The number of nitrogens with zero attached hydrogens (tertiary/aromatic N) is 3. The van der Waals surface area contributed by atoms with E-state index < -0.39 is 6.04 Å². The van der Waals surface area contributed by atoms with Crippen LogP contribution in [0.3, 0.4) is 0 Å². The predicted octanol–water partition coefficient (Wildman–Crippen LogP) is 3.99. The average Bonchev–Trinajstić information content (AvgIpc) is 3.39. The molecule has 2 fully saturated rings. The van der Waals surface area contributed by atoms with Crippen LogP contribution in [0.15, 0.2) is 54.6 Å². The van der Waals surface area contributed by atoms with Crippen LogP contribution in [-0.2, 0) is 11.3 Å². The Morgan fingerprint density at radius 2 is 1.81 bits per heavy atom. The van der Waals surface area contributed by atoms with Crippen LogP contribution in [0.5, 0.6) is 0 Å². The Morgan fingerprint density at radius 1 is 1.06 bits per heavy atom. The highest BCUT2D eigenvalue weighted by molar-refractivity contribution is 5.98. The number of rotatable bonds is 4. The van der Waals surface area contributed by atoms with Crippen molar-refractivity contribution in [3.8, 4) is 0 Å². The van der Waals surface area contributed by atoms with Crippen LogP contribution < -0.4 is 0 Å². The van der Waals surface area contributed by atoms with Gasteiger partial charge in [-0.05, 0) is 49.4 Å². The van der Waals surface area contributed by atoms with Gasteiger partial charge >= 0.3 is 0 Å². The van der Waals surface area contributed by atoms with Crippen molar-refractivity contribution >= 4 is 22.8 Å². The van der Waals surface area contributed by atoms with Gasteiger partial charge in [-0.1, -0.05) is 43.2 Å². The summed E-state index contributed by atoms with van der Waals surface area (Å²) in [5.74, 6) is 1.15. The zero-order valence-corrected chi connectivity index (χ0v) is 17.8. The Kier molecular flexibility index (Phi) is 5.22. The second-order valence-electron chi connectivity index (χ2n) is 8.84. The number of likely N-dealkylation sites (N-methyl/N-ethyl adjacent to an activating group) is 1. The fourth-order valence-electron chi connectivity index (χ4n) is 5.34. The number of nitrogens with one attached hydrogen (secondary N) is 1. The van der Waals surface area contributed by atoms with Crippen molar-refractivity contribution in [1.29, 1.82) is 0 Å². The summed E-state index contributed by atoms with van der Waals surface area (Å²) in [7, 11) is 1.81. The number of hydrogen-bond donors (Lipinski definition) is 1. The molecule has 3 atom stereocenters. The smallest absolute Gasteiger partial charge is 0.254 e. The Balaban J connectivity index is 1.39.